The van der Waals surface area contributed by atoms with Gasteiger partial charge in [-0.3, -0.25) is 9.59 Å². The van der Waals surface area contributed by atoms with Gasteiger partial charge in [-0.05, 0) is 31.0 Å². The molecule has 136 valence electrons. The number of hydrogen-bond donors (Lipinski definition) is 3. The van der Waals surface area contributed by atoms with Crippen LogP contribution in [0, 0.1) is 5.92 Å². The van der Waals surface area contributed by atoms with Gasteiger partial charge in [0.05, 0.1) is 20.3 Å². The second kappa shape index (κ2) is 9.03. The van der Waals surface area contributed by atoms with Crippen LogP contribution in [0.2, 0.25) is 0 Å². The van der Waals surface area contributed by atoms with Crippen molar-refractivity contribution in [3.05, 3.63) is 29.8 Å². The maximum atomic E-state index is 12.1. The number of methoxy groups -OCH3 is 1. The number of aliphatic carboxylic acids is 1. The number of carbonyl (C=O) groups is 3. The lowest BCUT2D eigenvalue weighted by Crippen LogP contribution is -2.51. The normalized spacial score (nSPS) is 18.0. The molecule has 0 aliphatic carbocycles. The van der Waals surface area contributed by atoms with Crippen molar-refractivity contribution in [1.82, 2.24) is 10.6 Å². The van der Waals surface area contributed by atoms with Crippen molar-refractivity contribution in [1.29, 1.82) is 0 Å². The van der Waals surface area contributed by atoms with Crippen LogP contribution in [-0.4, -0.2) is 55.8 Å². The highest BCUT2D eigenvalue weighted by molar-refractivity contribution is 5.97. The molecule has 1 fully saturated rings. The Balaban J connectivity index is 1.87. The van der Waals surface area contributed by atoms with E-state index in [9.17, 15) is 19.5 Å². The monoisotopic (exact) mass is 350 g/mol. The Morgan fingerprint density at radius 1 is 1.40 bits per heavy atom. The number of benzene rings is 1. The summed E-state index contributed by atoms with van der Waals surface area (Å²) in [6, 6.07) is 5.48. The van der Waals surface area contributed by atoms with Gasteiger partial charge in [0.1, 0.15) is 11.8 Å². The van der Waals surface area contributed by atoms with E-state index in [2.05, 4.69) is 10.6 Å². The number of hydrogen-bond acceptors (Lipinski definition) is 5. The summed E-state index contributed by atoms with van der Waals surface area (Å²) >= 11 is 0. The first-order valence-corrected chi connectivity index (χ1v) is 8.03. The summed E-state index contributed by atoms with van der Waals surface area (Å²) in [6.07, 6.45) is 1.43. The first-order chi connectivity index (χ1) is 12.0. The first kappa shape index (κ1) is 18.7. The highest BCUT2D eigenvalue weighted by atomic mass is 16.5. The number of amides is 2. The van der Waals surface area contributed by atoms with E-state index in [-0.39, 0.29) is 12.5 Å². The molecule has 2 unspecified atom stereocenters. The fraction of sp³-hybridized carbons (Fsp3) is 0.471. The largest absolute Gasteiger partial charge is 0.497 e. The van der Waals surface area contributed by atoms with Crippen LogP contribution in [0.4, 0.5) is 0 Å². The molecule has 1 heterocycles. The van der Waals surface area contributed by atoms with Crippen molar-refractivity contribution in [2.45, 2.75) is 18.9 Å². The molecule has 0 aromatic heterocycles. The predicted octanol–water partition coefficient (Wildman–Crippen LogP) is 0.421. The minimum Gasteiger partial charge on any atom is -0.497 e. The zero-order valence-electron chi connectivity index (χ0n) is 14.0. The molecule has 0 bridgehead atoms. The second-order valence-electron chi connectivity index (χ2n) is 5.78. The molecule has 8 heteroatoms. The van der Waals surface area contributed by atoms with Gasteiger partial charge in [0.2, 0.25) is 5.91 Å². The molecule has 0 spiro atoms. The molecule has 1 aromatic rings. The molecule has 0 saturated carbocycles. The lowest BCUT2D eigenvalue weighted by Gasteiger charge is -2.28. The van der Waals surface area contributed by atoms with Crippen molar-refractivity contribution >= 4 is 17.8 Å². The first-order valence-electron chi connectivity index (χ1n) is 8.03. The summed E-state index contributed by atoms with van der Waals surface area (Å²) in [4.78, 5) is 35.5. The fourth-order valence-corrected chi connectivity index (χ4v) is 2.66. The van der Waals surface area contributed by atoms with Crippen molar-refractivity contribution in [3.63, 3.8) is 0 Å². The van der Waals surface area contributed by atoms with Crippen molar-refractivity contribution < 1.29 is 29.0 Å². The van der Waals surface area contributed by atoms with Crippen LogP contribution in [-0.2, 0) is 14.3 Å². The number of carboxylic acid groups (broad SMARTS) is 1. The summed E-state index contributed by atoms with van der Waals surface area (Å²) in [5.74, 6) is -1.86. The van der Waals surface area contributed by atoms with Gasteiger partial charge >= 0.3 is 5.97 Å². The maximum Gasteiger partial charge on any atom is 0.326 e. The standard InChI is InChI=1S/C17H22N2O6/c1-24-13-6-2-4-11(8-13)16(21)18-9-14(20)19-15(17(22)23)12-5-3-7-25-10-12/h2,4,6,8,12,15H,3,5,7,9-10H2,1H3,(H,18,21)(H,19,20)(H,22,23). The van der Waals surface area contributed by atoms with E-state index in [0.29, 0.717) is 30.9 Å². The maximum absolute atomic E-state index is 12.1. The predicted molar refractivity (Wildman–Crippen MR) is 88.4 cm³/mol. The van der Waals surface area contributed by atoms with E-state index < -0.39 is 23.8 Å². The summed E-state index contributed by atoms with van der Waals surface area (Å²) in [5, 5.41) is 14.2. The second-order valence-corrected chi connectivity index (χ2v) is 5.78. The van der Waals surface area contributed by atoms with Crippen LogP contribution < -0.4 is 15.4 Å². The molecule has 1 aliphatic heterocycles. The van der Waals surface area contributed by atoms with E-state index in [4.69, 9.17) is 9.47 Å². The number of nitrogens with one attached hydrogen (secondary N) is 2. The topological polar surface area (TPSA) is 114 Å². The van der Waals surface area contributed by atoms with Crippen molar-refractivity contribution in [2.24, 2.45) is 5.92 Å². The lowest BCUT2D eigenvalue weighted by atomic mass is 9.93. The molecule has 1 saturated heterocycles. The van der Waals surface area contributed by atoms with Crippen LogP contribution in [0.3, 0.4) is 0 Å². The van der Waals surface area contributed by atoms with E-state index in [1.807, 2.05) is 0 Å². The molecule has 8 nitrogen and oxygen atoms in total. The number of rotatable bonds is 7. The Bertz CT molecular complexity index is 627. The molecular formula is C17H22N2O6. The number of carboxylic acids is 1. The van der Waals surface area contributed by atoms with Crippen LogP contribution in [0.25, 0.3) is 0 Å². The number of ether oxygens (including phenoxy) is 2. The van der Waals surface area contributed by atoms with Gasteiger partial charge in [0, 0.05) is 18.1 Å². The molecule has 2 amide bonds. The number of carbonyl (C=O) groups excluding carboxylic acids is 2. The molecule has 2 rings (SSSR count). The summed E-state index contributed by atoms with van der Waals surface area (Å²) in [5.41, 5.74) is 0.350. The molecular weight excluding hydrogens is 328 g/mol. The van der Waals surface area contributed by atoms with Gasteiger partial charge in [-0.25, -0.2) is 4.79 Å². The minimum atomic E-state index is -1.11. The Hall–Kier alpha value is -2.61. The molecule has 25 heavy (non-hydrogen) atoms. The van der Waals surface area contributed by atoms with Gasteiger partial charge in [0.15, 0.2) is 0 Å². The minimum absolute atomic E-state index is 0.274. The zero-order chi connectivity index (χ0) is 18.2. The Kier molecular flexibility index (Phi) is 6.76. The van der Waals surface area contributed by atoms with Gasteiger partial charge in [0.25, 0.3) is 5.91 Å². The average molecular weight is 350 g/mol. The van der Waals surface area contributed by atoms with Crippen LogP contribution in [0.1, 0.15) is 23.2 Å². The van der Waals surface area contributed by atoms with E-state index in [1.165, 1.54) is 7.11 Å². The summed E-state index contributed by atoms with van der Waals surface area (Å²) in [7, 11) is 1.49. The van der Waals surface area contributed by atoms with Gasteiger partial charge in [-0.2, -0.15) is 0 Å². The molecule has 1 aliphatic rings. The van der Waals surface area contributed by atoms with Crippen LogP contribution in [0.5, 0.6) is 5.75 Å². The average Bonchev–Trinajstić information content (AvgIpc) is 2.64. The smallest absolute Gasteiger partial charge is 0.326 e. The van der Waals surface area contributed by atoms with Crippen LogP contribution in [0.15, 0.2) is 24.3 Å². The third-order valence-corrected chi connectivity index (χ3v) is 3.99. The summed E-state index contributed by atoms with van der Waals surface area (Å²) in [6.45, 7) is 0.591. The highest BCUT2D eigenvalue weighted by Gasteiger charge is 2.31. The molecule has 3 N–H and O–H groups in total. The molecule has 2 atom stereocenters. The quantitative estimate of drug-likeness (QED) is 0.657. The molecule has 0 radical (unpaired) electrons. The molecule has 1 aromatic carbocycles. The third-order valence-electron chi connectivity index (χ3n) is 3.99. The Morgan fingerprint density at radius 3 is 2.84 bits per heavy atom. The van der Waals surface area contributed by atoms with E-state index in [0.717, 1.165) is 6.42 Å². The SMILES string of the molecule is COc1cccc(C(=O)NCC(=O)NC(C(=O)O)C2CCCOC2)c1. The summed E-state index contributed by atoms with van der Waals surface area (Å²) < 4.78 is 10.3. The lowest BCUT2D eigenvalue weighted by molar-refractivity contribution is -0.145. The zero-order valence-corrected chi connectivity index (χ0v) is 14.0. The van der Waals surface area contributed by atoms with E-state index in [1.54, 1.807) is 24.3 Å². The fourth-order valence-electron chi connectivity index (χ4n) is 2.66. The Morgan fingerprint density at radius 2 is 2.20 bits per heavy atom. The van der Waals surface area contributed by atoms with Crippen LogP contribution >= 0.6 is 0 Å². The van der Waals surface area contributed by atoms with Gasteiger partial charge < -0.3 is 25.2 Å². The van der Waals surface area contributed by atoms with Crippen molar-refractivity contribution in [2.75, 3.05) is 26.9 Å². The Labute approximate surface area is 145 Å². The van der Waals surface area contributed by atoms with Gasteiger partial charge in [-0.1, -0.05) is 6.07 Å². The van der Waals surface area contributed by atoms with E-state index >= 15 is 0 Å². The van der Waals surface area contributed by atoms with Gasteiger partial charge in [-0.15, -0.1) is 0 Å². The van der Waals surface area contributed by atoms with Crippen molar-refractivity contribution in [3.8, 4) is 5.75 Å². The highest BCUT2D eigenvalue weighted by Crippen LogP contribution is 2.17. The third kappa shape index (κ3) is 5.46.